The topological polar surface area (TPSA) is 20.3 Å². The molecule has 1 aromatic carbocycles. The molecule has 2 heteroatoms. The van der Waals surface area contributed by atoms with E-state index in [4.69, 9.17) is 0 Å². The molecule has 2 fully saturated rings. The number of carbonyl (C=O) groups is 1. The second-order valence-corrected chi connectivity index (χ2v) is 5.63. The number of likely N-dealkylation sites (tertiary alicyclic amines) is 1. The highest BCUT2D eigenvalue weighted by atomic mass is 16.1. The number of Topliss-reactive ketones (excluding diaryl/α,β-unsaturated/α-hetero) is 1. The lowest BCUT2D eigenvalue weighted by molar-refractivity contribution is 0.0853. The van der Waals surface area contributed by atoms with Crippen LogP contribution >= 0.6 is 0 Å². The predicted molar refractivity (Wildman–Crippen MR) is 72.6 cm³/mol. The summed E-state index contributed by atoms with van der Waals surface area (Å²) in [5.74, 6) is 0.695. The molecule has 0 unspecified atom stereocenters. The van der Waals surface area contributed by atoms with Gasteiger partial charge < -0.3 is 0 Å². The van der Waals surface area contributed by atoms with Gasteiger partial charge in [0.05, 0.1) is 0 Å². The lowest BCUT2D eigenvalue weighted by Gasteiger charge is -2.25. The van der Waals surface area contributed by atoms with Crippen LogP contribution in [0.15, 0.2) is 24.3 Å². The van der Waals surface area contributed by atoms with Crippen LogP contribution in [0.4, 0.5) is 0 Å². The van der Waals surface area contributed by atoms with E-state index in [0.717, 1.165) is 24.9 Å². The zero-order valence-corrected chi connectivity index (χ0v) is 10.9. The lowest BCUT2D eigenvalue weighted by Crippen LogP contribution is -2.25. The molecule has 2 nitrogen and oxygen atoms in total. The van der Waals surface area contributed by atoms with Crippen molar-refractivity contribution in [2.75, 3.05) is 13.1 Å². The van der Waals surface area contributed by atoms with Crippen molar-refractivity contribution in [3.8, 4) is 0 Å². The van der Waals surface area contributed by atoms with Gasteiger partial charge in [0.25, 0.3) is 0 Å². The molecule has 1 heterocycles. The van der Waals surface area contributed by atoms with E-state index >= 15 is 0 Å². The van der Waals surface area contributed by atoms with Crippen LogP contribution in [-0.2, 0) is 6.54 Å². The molecule has 0 radical (unpaired) electrons. The van der Waals surface area contributed by atoms with Crippen LogP contribution in [0.5, 0.6) is 0 Å². The first kappa shape index (κ1) is 11.9. The van der Waals surface area contributed by atoms with Crippen molar-refractivity contribution in [2.24, 2.45) is 5.92 Å². The summed E-state index contributed by atoms with van der Waals surface area (Å²) in [6.07, 6.45) is 6.02. The molecule has 0 atom stereocenters. The Bertz CT molecular complexity index is 430. The third kappa shape index (κ3) is 2.35. The van der Waals surface area contributed by atoms with Gasteiger partial charge in [-0.05, 0) is 44.3 Å². The van der Waals surface area contributed by atoms with Gasteiger partial charge in [-0.3, -0.25) is 9.69 Å². The SMILES string of the molecule is O=C(c1ccccc1CN1CCCC1)C1CCC1. The van der Waals surface area contributed by atoms with Gasteiger partial charge in [-0.1, -0.05) is 30.7 Å². The third-order valence-electron chi connectivity index (χ3n) is 4.35. The fraction of sp³-hybridized carbons (Fsp3) is 0.562. The van der Waals surface area contributed by atoms with Crippen molar-refractivity contribution in [1.82, 2.24) is 4.90 Å². The quantitative estimate of drug-likeness (QED) is 0.756. The zero-order valence-electron chi connectivity index (χ0n) is 10.9. The molecule has 96 valence electrons. The molecule has 18 heavy (non-hydrogen) atoms. The van der Waals surface area contributed by atoms with Crippen molar-refractivity contribution in [1.29, 1.82) is 0 Å². The maximum Gasteiger partial charge on any atom is 0.166 e. The summed E-state index contributed by atoms with van der Waals surface area (Å²) in [5, 5.41) is 0. The summed E-state index contributed by atoms with van der Waals surface area (Å²) in [5.41, 5.74) is 2.21. The van der Waals surface area contributed by atoms with Crippen molar-refractivity contribution >= 4 is 5.78 Å². The van der Waals surface area contributed by atoms with Crippen LogP contribution in [0.25, 0.3) is 0 Å². The fourth-order valence-electron chi connectivity index (χ4n) is 2.97. The minimum atomic E-state index is 0.310. The Hall–Kier alpha value is -1.15. The van der Waals surface area contributed by atoms with Crippen LogP contribution in [0.3, 0.4) is 0 Å². The van der Waals surface area contributed by atoms with E-state index in [1.807, 2.05) is 12.1 Å². The molecule has 2 aliphatic rings. The molecule has 1 aromatic rings. The molecule has 0 spiro atoms. The highest BCUT2D eigenvalue weighted by molar-refractivity contribution is 5.99. The summed E-state index contributed by atoms with van der Waals surface area (Å²) in [7, 11) is 0. The Morgan fingerprint density at radius 1 is 1.11 bits per heavy atom. The Labute approximate surface area is 109 Å². The Morgan fingerprint density at radius 3 is 2.50 bits per heavy atom. The smallest absolute Gasteiger partial charge is 0.166 e. The number of carbonyl (C=O) groups excluding carboxylic acids is 1. The van der Waals surface area contributed by atoms with E-state index in [1.165, 1.54) is 37.9 Å². The minimum Gasteiger partial charge on any atom is -0.299 e. The van der Waals surface area contributed by atoms with Gasteiger partial charge in [-0.2, -0.15) is 0 Å². The Balaban J connectivity index is 1.77. The van der Waals surface area contributed by atoms with Gasteiger partial charge in [0, 0.05) is 18.0 Å². The van der Waals surface area contributed by atoms with Gasteiger partial charge >= 0.3 is 0 Å². The first-order chi connectivity index (χ1) is 8.84. The third-order valence-corrected chi connectivity index (χ3v) is 4.35. The van der Waals surface area contributed by atoms with Gasteiger partial charge in [0.2, 0.25) is 0 Å². The highest BCUT2D eigenvalue weighted by Gasteiger charge is 2.27. The second kappa shape index (κ2) is 5.23. The van der Waals surface area contributed by atoms with Gasteiger partial charge in [-0.25, -0.2) is 0 Å². The monoisotopic (exact) mass is 243 g/mol. The number of nitrogens with zero attached hydrogens (tertiary/aromatic N) is 1. The van der Waals surface area contributed by atoms with E-state index in [-0.39, 0.29) is 0 Å². The first-order valence-corrected chi connectivity index (χ1v) is 7.19. The summed E-state index contributed by atoms with van der Waals surface area (Å²) in [6, 6.07) is 8.21. The Kier molecular flexibility index (Phi) is 3.46. The van der Waals surface area contributed by atoms with Crippen LogP contribution in [0, 0.1) is 5.92 Å². The molecular formula is C16H21NO. The summed E-state index contributed by atoms with van der Waals surface area (Å²) in [4.78, 5) is 14.9. The van der Waals surface area contributed by atoms with Crippen molar-refractivity contribution in [2.45, 2.75) is 38.6 Å². The van der Waals surface area contributed by atoms with E-state index in [2.05, 4.69) is 17.0 Å². The standard InChI is InChI=1S/C16H21NO/c18-16(13-7-5-8-13)15-9-2-1-6-14(15)12-17-10-3-4-11-17/h1-2,6,9,13H,3-5,7-8,10-12H2. The molecule has 1 aliphatic carbocycles. The number of rotatable bonds is 4. The summed E-state index contributed by atoms with van der Waals surface area (Å²) in [6.45, 7) is 3.33. The summed E-state index contributed by atoms with van der Waals surface area (Å²) >= 11 is 0. The molecule has 3 rings (SSSR count). The zero-order chi connectivity index (χ0) is 12.4. The van der Waals surface area contributed by atoms with Gasteiger partial charge in [-0.15, -0.1) is 0 Å². The number of hydrogen-bond acceptors (Lipinski definition) is 2. The predicted octanol–water partition coefficient (Wildman–Crippen LogP) is 3.27. The average molecular weight is 243 g/mol. The molecule has 0 bridgehead atoms. The molecule has 0 aromatic heterocycles. The number of hydrogen-bond donors (Lipinski definition) is 0. The van der Waals surface area contributed by atoms with E-state index in [1.54, 1.807) is 0 Å². The van der Waals surface area contributed by atoms with Crippen molar-refractivity contribution < 1.29 is 4.79 Å². The van der Waals surface area contributed by atoms with Crippen molar-refractivity contribution in [3.05, 3.63) is 35.4 Å². The Morgan fingerprint density at radius 2 is 1.83 bits per heavy atom. The van der Waals surface area contributed by atoms with Crippen LogP contribution in [0.2, 0.25) is 0 Å². The van der Waals surface area contributed by atoms with Gasteiger partial charge in [0.1, 0.15) is 0 Å². The first-order valence-electron chi connectivity index (χ1n) is 7.19. The normalized spacial score (nSPS) is 20.9. The summed E-state index contributed by atoms with van der Waals surface area (Å²) < 4.78 is 0. The van der Waals surface area contributed by atoms with Crippen LogP contribution < -0.4 is 0 Å². The minimum absolute atomic E-state index is 0.310. The molecule has 1 aliphatic heterocycles. The largest absolute Gasteiger partial charge is 0.299 e. The average Bonchev–Trinajstić information content (AvgIpc) is 2.80. The van der Waals surface area contributed by atoms with E-state index in [0.29, 0.717) is 11.7 Å². The second-order valence-electron chi connectivity index (χ2n) is 5.63. The molecule has 0 amide bonds. The molecule has 1 saturated heterocycles. The van der Waals surface area contributed by atoms with E-state index < -0.39 is 0 Å². The molecular weight excluding hydrogens is 222 g/mol. The van der Waals surface area contributed by atoms with Crippen LogP contribution in [0.1, 0.15) is 48.0 Å². The van der Waals surface area contributed by atoms with Crippen LogP contribution in [-0.4, -0.2) is 23.8 Å². The van der Waals surface area contributed by atoms with E-state index in [9.17, 15) is 4.79 Å². The van der Waals surface area contributed by atoms with Crippen molar-refractivity contribution in [3.63, 3.8) is 0 Å². The molecule has 1 saturated carbocycles. The van der Waals surface area contributed by atoms with Gasteiger partial charge in [0.15, 0.2) is 5.78 Å². The number of ketones is 1. The molecule has 0 N–H and O–H groups in total. The highest BCUT2D eigenvalue weighted by Crippen LogP contribution is 2.31. The fourth-order valence-corrected chi connectivity index (χ4v) is 2.97. The lowest BCUT2D eigenvalue weighted by atomic mass is 9.79. The number of benzene rings is 1. The maximum absolute atomic E-state index is 12.4. The maximum atomic E-state index is 12.4.